The quantitative estimate of drug-likeness (QED) is 0.609. The molecule has 0 radical (unpaired) electrons. The van der Waals surface area contributed by atoms with Gasteiger partial charge in [0.2, 0.25) is 0 Å². The minimum Gasteiger partial charge on any atom is -0.497 e. The number of hydrogen-bond donors (Lipinski definition) is 0. The zero-order valence-corrected chi connectivity index (χ0v) is 18.2. The van der Waals surface area contributed by atoms with E-state index < -0.39 is 0 Å². The van der Waals surface area contributed by atoms with Gasteiger partial charge in [0.15, 0.2) is 22.9 Å². The second kappa shape index (κ2) is 8.32. The van der Waals surface area contributed by atoms with Crippen LogP contribution in [0.15, 0.2) is 42.5 Å². The molecule has 0 amide bonds. The minimum absolute atomic E-state index is 0.0769. The van der Waals surface area contributed by atoms with Crippen molar-refractivity contribution in [1.82, 2.24) is 9.88 Å². The Morgan fingerprint density at radius 1 is 1.17 bits per heavy atom. The van der Waals surface area contributed by atoms with Crippen molar-refractivity contribution >= 4 is 26.7 Å². The highest BCUT2D eigenvalue weighted by Crippen LogP contribution is 2.36. The summed E-state index contributed by atoms with van der Waals surface area (Å²) in [5, 5.41) is 1.15. The molecular weight excluding hydrogens is 398 g/mol. The summed E-state index contributed by atoms with van der Waals surface area (Å²) in [6.45, 7) is 3.65. The number of piperidine rings is 1. The molecule has 5 rings (SSSR count). The second-order valence-electron chi connectivity index (χ2n) is 8.03. The van der Waals surface area contributed by atoms with Gasteiger partial charge in [0, 0.05) is 25.7 Å². The molecule has 1 saturated heterocycles. The molecule has 1 aromatic heterocycles. The van der Waals surface area contributed by atoms with Crippen LogP contribution in [0.2, 0.25) is 0 Å². The summed E-state index contributed by atoms with van der Waals surface area (Å²) in [6, 6.07) is 14.1. The van der Waals surface area contributed by atoms with Gasteiger partial charge in [-0.15, -0.1) is 0 Å². The summed E-state index contributed by atoms with van der Waals surface area (Å²) >= 11 is 1.80. The van der Waals surface area contributed by atoms with Gasteiger partial charge in [-0.1, -0.05) is 23.5 Å². The third kappa shape index (κ3) is 3.91. The molecule has 158 valence electrons. The van der Waals surface area contributed by atoms with E-state index in [-0.39, 0.29) is 6.23 Å². The van der Waals surface area contributed by atoms with Crippen molar-refractivity contribution in [3.63, 3.8) is 0 Å². The number of para-hydroxylation sites is 1. The summed E-state index contributed by atoms with van der Waals surface area (Å²) in [7, 11) is 3.79. The first-order chi connectivity index (χ1) is 14.7. The van der Waals surface area contributed by atoms with Gasteiger partial charge in [0.05, 0.1) is 17.3 Å². The lowest BCUT2D eigenvalue weighted by Crippen LogP contribution is -2.46. The largest absolute Gasteiger partial charge is 0.497 e. The first-order valence-electron chi connectivity index (χ1n) is 10.5. The molecule has 1 fully saturated rings. The van der Waals surface area contributed by atoms with Crippen molar-refractivity contribution in [2.75, 3.05) is 45.3 Å². The summed E-state index contributed by atoms with van der Waals surface area (Å²) in [5.74, 6) is 2.96. The highest BCUT2D eigenvalue weighted by Gasteiger charge is 2.28. The first kappa shape index (κ1) is 19.5. The molecule has 0 bridgehead atoms. The third-order valence-corrected chi connectivity index (χ3v) is 7.10. The number of methoxy groups -OCH3 is 1. The molecule has 2 aromatic carbocycles. The summed E-state index contributed by atoms with van der Waals surface area (Å²) in [4.78, 5) is 9.53. The average Bonchev–Trinajstić information content (AvgIpc) is 3.23. The van der Waals surface area contributed by atoms with Crippen LogP contribution >= 0.6 is 11.3 Å². The molecule has 0 aliphatic carbocycles. The van der Waals surface area contributed by atoms with Crippen LogP contribution < -0.4 is 19.1 Å². The molecule has 3 aromatic rings. The standard InChI is InChI=1S/C23H27N3O3S/c1-25(22-15-28-19-8-7-17(27-2)13-20(19)29-22)14-16-9-11-26(12-10-16)23-24-18-5-3-4-6-21(18)30-23/h3-8,13,16,22H,9-12,14-15H2,1-2H3. The van der Waals surface area contributed by atoms with Crippen molar-refractivity contribution in [1.29, 1.82) is 0 Å². The van der Waals surface area contributed by atoms with E-state index in [1.54, 1.807) is 18.4 Å². The maximum Gasteiger partial charge on any atom is 0.186 e. The van der Waals surface area contributed by atoms with E-state index in [1.165, 1.54) is 4.70 Å². The lowest BCUT2D eigenvalue weighted by Gasteiger charge is -2.37. The molecule has 0 saturated carbocycles. The highest BCUT2D eigenvalue weighted by atomic mass is 32.1. The van der Waals surface area contributed by atoms with E-state index >= 15 is 0 Å². The van der Waals surface area contributed by atoms with Crippen LogP contribution in [0, 0.1) is 5.92 Å². The number of thiazole rings is 1. The second-order valence-corrected chi connectivity index (χ2v) is 9.04. The number of aromatic nitrogens is 1. The Bertz CT molecular complexity index is 983. The number of ether oxygens (including phenoxy) is 3. The Labute approximate surface area is 181 Å². The molecule has 30 heavy (non-hydrogen) atoms. The average molecular weight is 426 g/mol. The van der Waals surface area contributed by atoms with Crippen LogP contribution in [-0.2, 0) is 0 Å². The van der Waals surface area contributed by atoms with E-state index in [0.717, 1.165) is 60.4 Å². The number of nitrogens with zero attached hydrogens (tertiary/aromatic N) is 3. The molecular formula is C23H27N3O3S. The third-order valence-electron chi connectivity index (χ3n) is 6.00. The predicted octanol–water partition coefficient (Wildman–Crippen LogP) is 4.25. The van der Waals surface area contributed by atoms with E-state index in [9.17, 15) is 0 Å². The van der Waals surface area contributed by atoms with E-state index in [1.807, 2.05) is 18.2 Å². The highest BCUT2D eigenvalue weighted by molar-refractivity contribution is 7.22. The van der Waals surface area contributed by atoms with Crippen LogP contribution in [-0.4, -0.2) is 56.5 Å². The van der Waals surface area contributed by atoms with Crippen LogP contribution in [0.5, 0.6) is 17.2 Å². The van der Waals surface area contributed by atoms with Gasteiger partial charge in [0.1, 0.15) is 12.4 Å². The van der Waals surface area contributed by atoms with Crippen molar-refractivity contribution in [2.45, 2.75) is 19.1 Å². The van der Waals surface area contributed by atoms with Crippen molar-refractivity contribution in [3.8, 4) is 17.2 Å². The number of rotatable bonds is 5. The van der Waals surface area contributed by atoms with E-state index in [0.29, 0.717) is 12.5 Å². The zero-order valence-electron chi connectivity index (χ0n) is 17.4. The number of likely N-dealkylation sites (N-methyl/N-ethyl adjacent to an activating group) is 1. The lowest BCUT2D eigenvalue weighted by molar-refractivity contribution is -0.0234. The fourth-order valence-corrected chi connectivity index (χ4v) is 5.23. The molecule has 2 aliphatic heterocycles. The first-order valence-corrected chi connectivity index (χ1v) is 11.3. The van der Waals surface area contributed by atoms with E-state index in [2.05, 4.69) is 41.1 Å². The fraction of sp³-hybridized carbons (Fsp3) is 0.435. The number of benzene rings is 2. The van der Waals surface area contributed by atoms with Crippen LogP contribution in [0.25, 0.3) is 10.2 Å². The van der Waals surface area contributed by atoms with Crippen LogP contribution in [0.1, 0.15) is 12.8 Å². The summed E-state index contributed by atoms with van der Waals surface area (Å²) in [5.41, 5.74) is 1.10. The van der Waals surface area contributed by atoms with Crippen molar-refractivity contribution < 1.29 is 14.2 Å². The summed E-state index contributed by atoms with van der Waals surface area (Å²) < 4.78 is 18.7. The maximum atomic E-state index is 6.20. The van der Waals surface area contributed by atoms with Gasteiger partial charge in [-0.2, -0.15) is 0 Å². The topological polar surface area (TPSA) is 47.1 Å². The molecule has 3 heterocycles. The van der Waals surface area contributed by atoms with Crippen LogP contribution in [0.3, 0.4) is 0 Å². The van der Waals surface area contributed by atoms with E-state index in [4.69, 9.17) is 19.2 Å². The molecule has 0 N–H and O–H groups in total. The summed E-state index contributed by atoms with van der Waals surface area (Å²) in [6.07, 6.45) is 2.25. The Balaban J connectivity index is 1.16. The molecule has 0 spiro atoms. The Morgan fingerprint density at radius 3 is 2.80 bits per heavy atom. The van der Waals surface area contributed by atoms with Gasteiger partial charge >= 0.3 is 0 Å². The van der Waals surface area contributed by atoms with Crippen LogP contribution in [0.4, 0.5) is 5.13 Å². The smallest absolute Gasteiger partial charge is 0.186 e. The molecule has 1 atom stereocenters. The Hall–Kier alpha value is -2.51. The number of fused-ring (bicyclic) bond motifs is 2. The fourth-order valence-electron chi connectivity index (χ4n) is 4.21. The monoisotopic (exact) mass is 425 g/mol. The minimum atomic E-state index is -0.0769. The molecule has 6 nitrogen and oxygen atoms in total. The number of hydrogen-bond acceptors (Lipinski definition) is 7. The van der Waals surface area contributed by atoms with Gasteiger partial charge in [-0.3, -0.25) is 4.90 Å². The Morgan fingerprint density at radius 2 is 2.00 bits per heavy atom. The number of anilines is 1. The Kier molecular flexibility index (Phi) is 5.39. The molecule has 2 aliphatic rings. The normalized spacial score (nSPS) is 19.4. The maximum absolute atomic E-state index is 6.20. The SMILES string of the molecule is COc1ccc2c(c1)OC(N(C)CC1CCN(c3nc4ccccc4s3)CC1)CO2. The van der Waals surface area contributed by atoms with Gasteiger partial charge < -0.3 is 19.1 Å². The predicted molar refractivity (Wildman–Crippen MR) is 120 cm³/mol. The van der Waals surface area contributed by atoms with Gasteiger partial charge in [0.25, 0.3) is 0 Å². The lowest BCUT2D eigenvalue weighted by atomic mass is 9.96. The van der Waals surface area contributed by atoms with Gasteiger partial charge in [-0.25, -0.2) is 4.98 Å². The molecule has 1 unspecified atom stereocenters. The zero-order chi connectivity index (χ0) is 20.5. The van der Waals surface area contributed by atoms with Crippen molar-refractivity contribution in [2.24, 2.45) is 5.92 Å². The molecule has 7 heteroatoms. The van der Waals surface area contributed by atoms with Crippen molar-refractivity contribution in [3.05, 3.63) is 42.5 Å². The van der Waals surface area contributed by atoms with Gasteiger partial charge in [-0.05, 0) is 50.1 Å².